The average Bonchev–Trinajstić information content (AvgIpc) is 3.30. The molecule has 0 saturated carbocycles. The van der Waals surface area contributed by atoms with Gasteiger partial charge in [-0.25, -0.2) is 4.79 Å². The third-order valence-corrected chi connectivity index (χ3v) is 4.28. The molecule has 0 bridgehead atoms. The van der Waals surface area contributed by atoms with E-state index in [1.54, 1.807) is 17.0 Å². The van der Waals surface area contributed by atoms with Gasteiger partial charge < -0.3 is 24.0 Å². The van der Waals surface area contributed by atoms with E-state index in [2.05, 4.69) is 16.4 Å². The first-order valence-corrected chi connectivity index (χ1v) is 8.37. The Kier molecular flexibility index (Phi) is 4.93. The molecule has 2 aromatic heterocycles. The summed E-state index contributed by atoms with van der Waals surface area (Å²) >= 11 is 0. The van der Waals surface area contributed by atoms with Crippen LogP contribution >= 0.6 is 0 Å². The molecule has 132 valence electrons. The van der Waals surface area contributed by atoms with Crippen molar-refractivity contribution in [3.8, 4) is 17.7 Å². The van der Waals surface area contributed by atoms with Gasteiger partial charge in [-0.3, -0.25) is 0 Å². The van der Waals surface area contributed by atoms with Crippen LogP contribution in [0.4, 0.5) is 10.7 Å². The van der Waals surface area contributed by atoms with Crippen LogP contribution in [-0.2, 0) is 0 Å². The summed E-state index contributed by atoms with van der Waals surface area (Å²) in [5, 5.41) is 12.3. The van der Waals surface area contributed by atoms with Gasteiger partial charge in [0.05, 0.1) is 6.26 Å². The van der Waals surface area contributed by atoms with Crippen LogP contribution in [0, 0.1) is 11.3 Å². The normalized spacial score (nSPS) is 15.7. The highest BCUT2D eigenvalue weighted by atomic mass is 16.4. The minimum absolute atomic E-state index is 0.0525. The quantitative estimate of drug-likeness (QED) is 0.915. The summed E-state index contributed by atoms with van der Waals surface area (Å²) in [7, 11) is 0. The number of aromatic nitrogens is 1. The lowest BCUT2D eigenvalue weighted by atomic mass is 10.2. The van der Waals surface area contributed by atoms with E-state index in [0.29, 0.717) is 37.8 Å². The van der Waals surface area contributed by atoms with E-state index in [9.17, 15) is 10.1 Å². The van der Waals surface area contributed by atoms with Gasteiger partial charge >= 0.3 is 6.03 Å². The molecule has 0 aliphatic carbocycles. The standard InChI is InChI=1S/C17H21N5O3/c1-3-12(2)19-17(23)22-8-6-21(7-9-22)16-13(11-18)20-15(25-16)14-5-4-10-24-14/h4-5,10,12H,3,6-9H2,1-2H3,(H,19,23)/t12-/m0/s1. The number of amides is 2. The molecule has 2 aromatic rings. The number of rotatable bonds is 4. The lowest BCUT2D eigenvalue weighted by Crippen LogP contribution is -2.53. The smallest absolute Gasteiger partial charge is 0.317 e. The maximum atomic E-state index is 12.2. The SMILES string of the molecule is CC[C@H](C)NC(=O)N1CCN(c2oc(-c3ccco3)nc2C#N)CC1. The minimum atomic E-state index is -0.0525. The highest BCUT2D eigenvalue weighted by molar-refractivity contribution is 5.74. The molecule has 1 aliphatic heterocycles. The monoisotopic (exact) mass is 343 g/mol. The molecule has 25 heavy (non-hydrogen) atoms. The Balaban J connectivity index is 1.67. The van der Waals surface area contributed by atoms with Crippen molar-refractivity contribution >= 4 is 11.9 Å². The Bertz CT molecular complexity index is 754. The molecular formula is C17H21N5O3. The molecule has 1 fully saturated rings. The number of carbonyl (C=O) groups is 1. The molecule has 0 radical (unpaired) electrons. The lowest BCUT2D eigenvalue weighted by Gasteiger charge is -2.35. The molecule has 2 amide bonds. The number of urea groups is 1. The van der Waals surface area contributed by atoms with Crippen molar-refractivity contribution in [2.75, 3.05) is 31.1 Å². The molecule has 1 atom stereocenters. The zero-order valence-electron chi connectivity index (χ0n) is 14.4. The van der Waals surface area contributed by atoms with Gasteiger partial charge in [0.1, 0.15) is 6.07 Å². The van der Waals surface area contributed by atoms with Crippen LogP contribution in [0.2, 0.25) is 0 Å². The number of hydrogen-bond donors (Lipinski definition) is 1. The number of piperazine rings is 1. The van der Waals surface area contributed by atoms with Crippen LogP contribution in [0.25, 0.3) is 11.7 Å². The number of nitrogens with one attached hydrogen (secondary N) is 1. The summed E-state index contributed by atoms with van der Waals surface area (Å²) in [5.41, 5.74) is 0.226. The van der Waals surface area contributed by atoms with Crippen LogP contribution in [0.15, 0.2) is 27.2 Å². The van der Waals surface area contributed by atoms with Crippen LogP contribution in [-0.4, -0.2) is 48.1 Å². The zero-order chi connectivity index (χ0) is 17.8. The van der Waals surface area contributed by atoms with Gasteiger partial charge in [-0.05, 0) is 25.5 Å². The van der Waals surface area contributed by atoms with Gasteiger partial charge in [0.15, 0.2) is 5.76 Å². The van der Waals surface area contributed by atoms with Gasteiger partial charge in [-0.1, -0.05) is 6.92 Å². The van der Waals surface area contributed by atoms with Gasteiger partial charge in [-0.15, -0.1) is 0 Å². The van der Waals surface area contributed by atoms with E-state index in [1.165, 1.54) is 6.26 Å². The fourth-order valence-corrected chi connectivity index (χ4v) is 2.62. The topological polar surface area (TPSA) is 98.5 Å². The third-order valence-electron chi connectivity index (χ3n) is 4.28. The molecule has 3 rings (SSSR count). The third kappa shape index (κ3) is 3.60. The van der Waals surface area contributed by atoms with E-state index in [-0.39, 0.29) is 23.7 Å². The maximum Gasteiger partial charge on any atom is 0.317 e. The van der Waals surface area contributed by atoms with Crippen molar-refractivity contribution in [1.82, 2.24) is 15.2 Å². The van der Waals surface area contributed by atoms with Crippen molar-refractivity contribution in [3.05, 3.63) is 24.1 Å². The zero-order valence-corrected chi connectivity index (χ0v) is 14.4. The highest BCUT2D eigenvalue weighted by Crippen LogP contribution is 2.29. The van der Waals surface area contributed by atoms with Crippen molar-refractivity contribution in [2.45, 2.75) is 26.3 Å². The molecule has 3 heterocycles. The number of carbonyl (C=O) groups excluding carboxylic acids is 1. The Morgan fingerprint density at radius 1 is 1.44 bits per heavy atom. The Morgan fingerprint density at radius 3 is 2.80 bits per heavy atom. The second-order valence-corrected chi connectivity index (χ2v) is 5.99. The van der Waals surface area contributed by atoms with Crippen LogP contribution in [0.5, 0.6) is 0 Å². The molecule has 0 spiro atoms. The van der Waals surface area contributed by atoms with Crippen LogP contribution in [0.1, 0.15) is 26.0 Å². The number of hydrogen-bond acceptors (Lipinski definition) is 6. The molecule has 8 heteroatoms. The fourth-order valence-electron chi connectivity index (χ4n) is 2.62. The van der Waals surface area contributed by atoms with E-state index >= 15 is 0 Å². The van der Waals surface area contributed by atoms with Gasteiger partial charge in [0, 0.05) is 32.2 Å². The van der Waals surface area contributed by atoms with E-state index in [0.717, 1.165) is 6.42 Å². The number of furan rings is 1. The molecule has 1 N–H and O–H groups in total. The first kappa shape index (κ1) is 16.9. The molecule has 0 aromatic carbocycles. The summed E-state index contributed by atoms with van der Waals surface area (Å²) in [5.74, 6) is 1.19. The Hall–Kier alpha value is -2.95. The number of oxazole rings is 1. The number of nitriles is 1. The molecule has 8 nitrogen and oxygen atoms in total. The predicted octanol–water partition coefficient (Wildman–Crippen LogP) is 2.44. The Labute approximate surface area is 146 Å². The second-order valence-electron chi connectivity index (χ2n) is 5.99. The van der Waals surface area contributed by atoms with Crippen LogP contribution < -0.4 is 10.2 Å². The molecule has 1 aliphatic rings. The van der Waals surface area contributed by atoms with E-state index in [4.69, 9.17) is 8.83 Å². The summed E-state index contributed by atoms with van der Waals surface area (Å²) < 4.78 is 11.0. The lowest BCUT2D eigenvalue weighted by molar-refractivity contribution is 0.190. The first-order valence-electron chi connectivity index (χ1n) is 8.37. The first-order chi connectivity index (χ1) is 12.1. The van der Waals surface area contributed by atoms with E-state index in [1.807, 2.05) is 18.7 Å². The predicted molar refractivity (Wildman–Crippen MR) is 91.0 cm³/mol. The summed E-state index contributed by atoms with van der Waals surface area (Å²) in [6, 6.07) is 5.63. The molecule has 0 unspecified atom stereocenters. The van der Waals surface area contributed by atoms with Crippen molar-refractivity contribution in [3.63, 3.8) is 0 Å². The minimum Gasteiger partial charge on any atom is -0.459 e. The average molecular weight is 343 g/mol. The fraction of sp³-hybridized carbons (Fsp3) is 0.471. The highest BCUT2D eigenvalue weighted by Gasteiger charge is 2.27. The largest absolute Gasteiger partial charge is 0.459 e. The van der Waals surface area contributed by atoms with E-state index < -0.39 is 0 Å². The van der Waals surface area contributed by atoms with Crippen LogP contribution in [0.3, 0.4) is 0 Å². The molecular weight excluding hydrogens is 322 g/mol. The van der Waals surface area contributed by atoms with Crippen molar-refractivity contribution < 1.29 is 13.6 Å². The van der Waals surface area contributed by atoms with Gasteiger partial charge in [-0.2, -0.15) is 10.2 Å². The maximum absolute atomic E-state index is 12.2. The van der Waals surface area contributed by atoms with Gasteiger partial charge in [0.25, 0.3) is 5.89 Å². The summed E-state index contributed by atoms with van der Waals surface area (Å²) in [4.78, 5) is 20.1. The van der Waals surface area contributed by atoms with Crippen molar-refractivity contribution in [2.24, 2.45) is 0 Å². The Morgan fingerprint density at radius 2 is 2.20 bits per heavy atom. The second kappa shape index (κ2) is 7.30. The summed E-state index contributed by atoms with van der Waals surface area (Å²) in [6.07, 6.45) is 2.42. The summed E-state index contributed by atoms with van der Waals surface area (Å²) in [6.45, 7) is 6.30. The van der Waals surface area contributed by atoms with Crippen molar-refractivity contribution in [1.29, 1.82) is 5.26 Å². The number of nitrogens with zero attached hydrogens (tertiary/aromatic N) is 4. The van der Waals surface area contributed by atoms with Gasteiger partial charge in [0.2, 0.25) is 11.6 Å². The number of anilines is 1. The molecule has 1 saturated heterocycles.